The van der Waals surface area contributed by atoms with E-state index in [2.05, 4.69) is 4.98 Å². The molecule has 2 N–H and O–H groups in total. The van der Waals surface area contributed by atoms with Crippen LogP contribution in [0.5, 0.6) is 11.6 Å². The molecule has 0 atom stereocenters. The summed E-state index contributed by atoms with van der Waals surface area (Å²) in [6, 6.07) is 1.48. The maximum Gasteiger partial charge on any atom is 0.262 e. The summed E-state index contributed by atoms with van der Waals surface area (Å²) in [4.78, 5) is 14.6. The summed E-state index contributed by atoms with van der Waals surface area (Å²) in [6.45, 7) is 0. The van der Waals surface area contributed by atoms with E-state index in [1.807, 2.05) is 0 Å². The lowest BCUT2D eigenvalue weighted by Crippen LogP contribution is -2.12. The van der Waals surface area contributed by atoms with Crippen LogP contribution in [0.3, 0.4) is 0 Å². The second-order valence-corrected chi connectivity index (χ2v) is 2.40. The second kappa shape index (κ2) is 2.78. The molecule has 0 spiro atoms. The normalized spacial score (nSPS) is 12.6. The van der Waals surface area contributed by atoms with Crippen molar-refractivity contribution in [1.29, 1.82) is 0 Å². The Morgan fingerprint density at radius 2 is 2.15 bits per heavy atom. The second-order valence-electron chi connectivity index (χ2n) is 2.40. The Hall–Kier alpha value is -2.04. The largest absolute Gasteiger partial charge is 0.456 e. The van der Waals surface area contributed by atoms with Gasteiger partial charge in [-0.1, -0.05) is 0 Å². The van der Waals surface area contributed by atoms with Crippen molar-refractivity contribution in [2.45, 2.75) is 0 Å². The third-order valence-electron chi connectivity index (χ3n) is 1.53. The number of primary amides is 1. The van der Waals surface area contributed by atoms with Gasteiger partial charge >= 0.3 is 0 Å². The van der Waals surface area contributed by atoms with Gasteiger partial charge in [-0.3, -0.25) is 4.79 Å². The standard InChI is InChI=1S/C8H6N2O3/c9-7(11)5-3-6-8(10-4-5)13-2-1-12-6/h1-4H,(H2,9,11). The molecule has 1 amide bonds. The monoisotopic (exact) mass is 178 g/mol. The van der Waals surface area contributed by atoms with E-state index in [4.69, 9.17) is 15.2 Å². The summed E-state index contributed by atoms with van der Waals surface area (Å²) in [6.07, 6.45) is 4.05. The molecule has 0 unspecified atom stereocenters. The van der Waals surface area contributed by atoms with Crippen LogP contribution in [0.4, 0.5) is 0 Å². The van der Waals surface area contributed by atoms with E-state index in [1.54, 1.807) is 0 Å². The van der Waals surface area contributed by atoms with E-state index in [-0.39, 0.29) is 5.56 Å². The number of aromatic nitrogens is 1. The number of ether oxygens (including phenoxy) is 2. The number of fused-ring (bicyclic) bond motifs is 1. The van der Waals surface area contributed by atoms with Crippen LogP contribution >= 0.6 is 0 Å². The molecule has 5 heteroatoms. The van der Waals surface area contributed by atoms with E-state index < -0.39 is 5.91 Å². The van der Waals surface area contributed by atoms with Crippen LogP contribution in [0.15, 0.2) is 24.8 Å². The van der Waals surface area contributed by atoms with Crippen molar-refractivity contribution in [3.05, 3.63) is 30.4 Å². The van der Waals surface area contributed by atoms with Crippen LogP contribution in [0.1, 0.15) is 10.4 Å². The van der Waals surface area contributed by atoms with Gasteiger partial charge in [0, 0.05) is 12.3 Å². The number of pyridine rings is 1. The van der Waals surface area contributed by atoms with Gasteiger partial charge in [-0.2, -0.15) is 0 Å². The van der Waals surface area contributed by atoms with Crippen molar-refractivity contribution >= 4 is 5.91 Å². The zero-order valence-corrected chi connectivity index (χ0v) is 6.56. The van der Waals surface area contributed by atoms with Crippen LogP contribution in [-0.2, 0) is 0 Å². The van der Waals surface area contributed by atoms with E-state index in [9.17, 15) is 4.79 Å². The Kier molecular flexibility index (Phi) is 1.63. The van der Waals surface area contributed by atoms with Crippen LogP contribution < -0.4 is 15.2 Å². The van der Waals surface area contributed by atoms with Crippen LogP contribution in [-0.4, -0.2) is 10.9 Å². The first-order valence-corrected chi connectivity index (χ1v) is 3.55. The fourth-order valence-corrected chi connectivity index (χ4v) is 0.933. The highest BCUT2D eigenvalue weighted by Gasteiger charge is 2.12. The van der Waals surface area contributed by atoms with Crippen molar-refractivity contribution in [3.8, 4) is 11.6 Å². The van der Waals surface area contributed by atoms with Gasteiger partial charge in [0.2, 0.25) is 5.91 Å². The number of carbonyl (C=O) groups excluding carboxylic acids is 1. The average Bonchev–Trinajstić information content (AvgIpc) is 2.17. The van der Waals surface area contributed by atoms with Crippen LogP contribution in [0, 0.1) is 0 Å². The fourth-order valence-electron chi connectivity index (χ4n) is 0.933. The van der Waals surface area contributed by atoms with E-state index in [1.165, 1.54) is 24.8 Å². The van der Waals surface area contributed by atoms with Crippen molar-refractivity contribution in [1.82, 2.24) is 4.98 Å². The average molecular weight is 178 g/mol. The first-order valence-electron chi connectivity index (χ1n) is 3.55. The predicted octanol–water partition coefficient (Wildman–Crippen LogP) is 0.423. The molecule has 0 aliphatic carbocycles. The molecule has 2 heterocycles. The molecule has 2 rings (SSSR count). The number of nitrogens with zero attached hydrogens (tertiary/aromatic N) is 1. The number of amides is 1. The first kappa shape index (κ1) is 7.60. The molecule has 66 valence electrons. The molecule has 13 heavy (non-hydrogen) atoms. The van der Waals surface area contributed by atoms with Gasteiger partial charge in [0.1, 0.15) is 12.5 Å². The van der Waals surface area contributed by atoms with Gasteiger partial charge in [0.25, 0.3) is 5.88 Å². The molecular formula is C8H6N2O3. The van der Waals surface area contributed by atoms with Crippen molar-refractivity contribution in [2.24, 2.45) is 5.73 Å². The minimum atomic E-state index is -0.548. The molecule has 0 saturated heterocycles. The van der Waals surface area contributed by atoms with Gasteiger partial charge in [0.15, 0.2) is 5.75 Å². The number of nitrogens with two attached hydrogens (primary N) is 1. The molecule has 1 aliphatic heterocycles. The van der Waals surface area contributed by atoms with Gasteiger partial charge in [-0.25, -0.2) is 4.98 Å². The summed E-state index contributed by atoms with van der Waals surface area (Å²) >= 11 is 0. The Morgan fingerprint density at radius 1 is 1.38 bits per heavy atom. The summed E-state index contributed by atoms with van der Waals surface area (Å²) < 4.78 is 10.0. The quantitative estimate of drug-likeness (QED) is 0.676. The van der Waals surface area contributed by atoms with Crippen molar-refractivity contribution < 1.29 is 14.3 Å². The van der Waals surface area contributed by atoms with Gasteiger partial charge < -0.3 is 15.2 Å². The number of rotatable bonds is 1. The SMILES string of the molecule is NC(=O)c1cnc2c(c1)OC=CO2. The van der Waals surface area contributed by atoms with Gasteiger partial charge in [-0.05, 0) is 0 Å². The summed E-state index contributed by atoms with van der Waals surface area (Å²) in [5.74, 6) is 0.166. The molecular weight excluding hydrogens is 172 g/mol. The van der Waals surface area contributed by atoms with Crippen molar-refractivity contribution in [3.63, 3.8) is 0 Å². The van der Waals surface area contributed by atoms with Crippen LogP contribution in [0.25, 0.3) is 0 Å². The topological polar surface area (TPSA) is 74.4 Å². The van der Waals surface area contributed by atoms with E-state index in [0.717, 1.165) is 0 Å². The fraction of sp³-hybridized carbons (Fsp3) is 0. The number of hydrogen-bond donors (Lipinski definition) is 1. The number of hydrogen-bond acceptors (Lipinski definition) is 4. The smallest absolute Gasteiger partial charge is 0.262 e. The Bertz CT molecular complexity index is 387. The predicted molar refractivity (Wildman–Crippen MR) is 43.2 cm³/mol. The van der Waals surface area contributed by atoms with Crippen LogP contribution in [0.2, 0.25) is 0 Å². The third-order valence-corrected chi connectivity index (χ3v) is 1.53. The summed E-state index contributed by atoms with van der Waals surface area (Å²) in [5, 5.41) is 0. The Balaban J connectivity index is 2.44. The molecule has 1 aromatic rings. The lowest BCUT2D eigenvalue weighted by atomic mass is 10.2. The minimum absolute atomic E-state index is 0.289. The van der Waals surface area contributed by atoms with E-state index >= 15 is 0 Å². The van der Waals surface area contributed by atoms with E-state index in [0.29, 0.717) is 11.6 Å². The maximum atomic E-state index is 10.8. The molecule has 1 aliphatic rings. The Labute approximate surface area is 73.8 Å². The summed E-state index contributed by atoms with van der Waals surface area (Å²) in [5.41, 5.74) is 5.34. The third kappa shape index (κ3) is 1.31. The maximum absolute atomic E-state index is 10.8. The lowest BCUT2D eigenvalue weighted by Gasteiger charge is -2.10. The molecule has 0 aromatic carbocycles. The number of carbonyl (C=O) groups is 1. The Morgan fingerprint density at radius 3 is 2.92 bits per heavy atom. The lowest BCUT2D eigenvalue weighted by molar-refractivity contribution is 0.0999. The highest BCUT2D eigenvalue weighted by atomic mass is 16.5. The molecule has 1 aromatic heterocycles. The molecule has 0 radical (unpaired) electrons. The molecule has 5 nitrogen and oxygen atoms in total. The highest BCUT2D eigenvalue weighted by molar-refractivity contribution is 5.93. The van der Waals surface area contributed by atoms with Gasteiger partial charge in [-0.15, -0.1) is 0 Å². The molecule has 0 bridgehead atoms. The molecule has 0 saturated carbocycles. The highest BCUT2D eigenvalue weighted by Crippen LogP contribution is 2.27. The first-order chi connectivity index (χ1) is 6.27. The zero-order valence-electron chi connectivity index (χ0n) is 6.56. The summed E-state index contributed by atoms with van der Waals surface area (Å²) in [7, 11) is 0. The zero-order chi connectivity index (χ0) is 9.26. The van der Waals surface area contributed by atoms with Crippen molar-refractivity contribution in [2.75, 3.05) is 0 Å². The minimum Gasteiger partial charge on any atom is -0.456 e. The molecule has 0 fully saturated rings. The van der Waals surface area contributed by atoms with Gasteiger partial charge in [0.05, 0.1) is 5.56 Å².